The second-order valence-corrected chi connectivity index (χ2v) is 8.02. The quantitative estimate of drug-likeness (QED) is 0.723. The molecule has 0 bridgehead atoms. The fraction of sp³-hybridized carbons (Fsp3) is 0.238. The summed E-state index contributed by atoms with van der Waals surface area (Å²) in [7, 11) is 1.56. The zero-order chi connectivity index (χ0) is 19.4. The van der Waals surface area contributed by atoms with Gasteiger partial charge in [-0.3, -0.25) is 9.59 Å². The van der Waals surface area contributed by atoms with Crippen molar-refractivity contribution in [1.82, 2.24) is 4.57 Å². The molecule has 2 aliphatic heterocycles. The summed E-state index contributed by atoms with van der Waals surface area (Å²) < 4.78 is 6.96. The fourth-order valence-corrected chi connectivity index (χ4v) is 5.13. The van der Waals surface area contributed by atoms with Crippen LogP contribution in [0.2, 0.25) is 0 Å². The Kier molecular flexibility index (Phi) is 3.87. The summed E-state index contributed by atoms with van der Waals surface area (Å²) in [5, 5.41) is 11.4. The van der Waals surface area contributed by atoms with Crippen molar-refractivity contribution in [2.24, 2.45) is 0 Å². The molecule has 1 aromatic heterocycles. The number of carbonyl (C=O) groups is 1. The highest BCUT2D eigenvalue weighted by Crippen LogP contribution is 2.40. The molecule has 0 unspecified atom stereocenters. The van der Waals surface area contributed by atoms with E-state index in [1.807, 2.05) is 30.3 Å². The Balaban J connectivity index is 1.75. The van der Waals surface area contributed by atoms with Crippen LogP contribution in [0.3, 0.4) is 0 Å². The molecule has 0 aliphatic carbocycles. The van der Waals surface area contributed by atoms with Crippen molar-refractivity contribution in [3.8, 4) is 11.5 Å². The number of fused-ring (bicyclic) bond motifs is 1. The molecule has 0 fully saturated rings. The van der Waals surface area contributed by atoms with Gasteiger partial charge in [0.15, 0.2) is 0 Å². The Hall–Kier alpha value is -2.93. The van der Waals surface area contributed by atoms with Crippen LogP contribution < -0.4 is 15.2 Å². The molecular formula is C21H18N2O4S. The number of benzene rings is 2. The van der Waals surface area contributed by atoms with Gasteiger partial charge in [-0.05, 0) is 30.2 Å². The van der Waals surface area contributed by atoms with E-state index in [2.05, 4.69) is 0 Å². The monoisotopic (exact) mass is 394 g/mol. The maximum absolute atomic E-state index is 13.3. The number of para-hydroxylation sites is 1. The van der Waals surface area contributed by atoms with E-state index in [0.29, 0.717) is 29.7 Å². The van der Waals surface area contributed by atoms with Crippen LogP contribution >= 0.6 is 11.8 Å². The zero-order valence-corrected chi connectivity index (χ0v) is 16.1. The van der Waals surface area contributed by atoms with Crippen molar-refractivity contribution in [2.75, 3.05) is 24.3 Å². The number of nitrogens with zero attached hydrogens (tertiary/aromatic N) is 2. The van der Waals surface area contributed by atoms with Crippen LogP contribution in [0, 0.1) is 0 Å². The number of methoxy groups -OCH3 is 1. The van der Waals surface area contributed by atoms with Crippen LogP contribution in [0.4, 0.5) is 5.69 Å². The number of aromatic hydroxyl groups is 1. The number of pyridine rings is 1. The van der Waals surface area contributed by atoms with Crippen LogP contribution in [0.5, 0.6) is 11.5 Å². The molecule has 3 heterocycles. The van der Waals surface area contributed by atoms with Crippen molar-refractivity contribution >= 4 is 34.3 Å². The first kappa shape index (κ1) is 17.2. The van der Waals surface area contributed by atoms with E-state index in [-0.39, 0.29) is 11.3 Å². The maximum atomic E-state index is 13.3. The van der Waals surface area contributed by atoms with Crippen LogP contribution in [0.15, 0.2) is 46.1 Å². The van der Waals surface area contributed by atoms with Crippen molar-refractivity contribution in [1.29, 1.82) is 0 Å². The molecular weight excluding hydrogens is 376 g/mol. The minimum atomic E-state index is -0.458. The number of aryl methyl sites for hydroxylation is 1. The zero-order valence-electron chi connectivity index (χ0n) is 15.3. The van der Waals surface area contributed by atoms with Gasteiger partial charge in [-0.2, -0.15) is 0 Å². The molecule has 0 atom stereocenters. The molecule has 6 nitrogen and oxygen atoms in total. The average molecular weight is 394 g/mol. The third kappa shape index (κ3) is 2.36. The molecule has 0 saturated carbocycles. The predicted octanol–water partition coefficient (Wildman–Crippen LogP) is 3.02. The number of anilines is 1. The second-order valence-electron chi connectivity index (χ2n) is 6.89. The van der Waals surface area contributed by atoms with Crippen LogP contribution in [0.1, 0.15) is 15.9 Å². The van der Waals surface area contributed by atoms with Gasteiger partial charge in [0, 0.05) is 34.8 Å². The summed E-state index contributed by atoms with van der Waals surface area (Å²) in [4.78, 5) is 29.0. The lowest BCUT2D eigenvalue weighted by atomic mass is 10.1. The maximum Gasteiger partial charge on any atom is 0.267 e. The van der Waals surface area contributed by atoms with Gasteiger partial charge in [0.05, 0.1) is 12.6 Å². The smallest absolute Gasteiger partial charge is 0.267 e. The number of carbonyl (C=O) groups excluding carboxylic acids is 1. The van der Waals surface area contributed by atoms with Gasteiger partial charge in [0.1, 0.15) is 17.1 Å². The highest BCUT2D eigenvalue weighted by atomic mass is 32.2. The number of ether oxygens (including phenoxy) is 1. The SMILES string of the molecule is COc1cc2c3c(c1)c(O)c(C(=O)N1CCc4ccccc41)c(=O)n3CCS2. The summed E-state index contributed by atoms with van der Waals surface area (Å²) in [5.41, 5.74) is 1.92. The first-order valence-electron chi connectivity index (χ1n) is 9.10. The molecule has 2 aliphatic rings. The first-order chi connectivity index (χ1) is 13.6. The Morgan fingerprint density at radius 1 is 1.21 bits per heavy atom. The molecule has 1 amide bonds. The molecule has 5 rings (SSSR count). The number of rotatable bonds is 2. The van der Waals surface area contributed by atoms with E-state index in [4.69, 9.17) is 4.74 Å². The van der Waals surface area contributed by atoms with Crippen LogP contribution in [-0.2, 0) is 13.0 Å². The number of amides is 1. The number of hydrogen-bond acceptors (Lipinski definition) is 5. The topological polar surface area (TPSA) is 71.8 Å². The Morgan fingerprint density at radius 3 is 2.86 bits per heavy atom. The summed E-state index contributed by atoms with van der Waals surface area (Å²) in [6.45, 7) is 0.991. The Bertz CT molecular complexity index is 1200. The predicted molar refractivity (Wildman–Crippen MR) is 109 cm³/mol. The molecule has 0 radical (unpaired) electrons. The second kappa shape index (κ2) is 6.31. The summed E-state index contributed by atoms with van der Waals surface area (Å²) in [5.74, 6) is 0.580. The first-order valence-corrected chi connectivity index (χ1v) is 10.1. The number of thioether (sulfide) groups is 1. The normalized spacial score (nSPS) is 15.0. The summed E-state index contributed by atoms with van der Waals surface area (Å²) >= 11 is 1.61. The van der Waals surface area contributed by atoms with Crippen molar-refractivity contribution in [2.45, 2.75) is 17.9 Å². The van der Waals surface area contributed by atoms with Gasteiger partial charge in [0.2, 0.25) is 0 Å². The Labute approximate surface area is 165 Å². The van der Waals surface area contributed by atoms with Gasteiger partial charge in [0.25, 0.3) is 11.5 Å². The molecule has 142 valence electrons. The van der Waals surface area contributed by atoms with E-state index >= 15 is 0 Å². The largest absolute Gasteiger partial charge is 0.506 e. The van der Waals surface area contributed by atoms with Gasteiger partial charge >= 0.3 is 0 Å². The minimum absolute atomic E-state index is 0.171. The highest BCUT2D eigenvalue weighted by molar-refractivity contribution is 7.99. The summed E-state index contributed by atoms with van der Waals surface area (Å²) in [6, 6.07) is 11.2. The highest BCUT2D eigenvalue weighted by Gasteiger charge is 2.32. The van der Waals surface area contributed by atoms with E-state index in [0.717, 1.165) is 28.3 Å². The number of aromatic nitrogens is 1. The third-order valence-electron chi connectivity index (χ3n) is 5.42. The van der Waals surface area contributed by atoms with E-state index in [9.17, 15) is 14.7 Å². The molecule has 2 aromatic carbocycles. The van der Waals surface area contributed by atoms with Gasteiger partial charge < -0.3 is 19.3 Å². The van der Waals surface area contributed by atoms with Gasteiger partial charge in [-0.15, -0.1) is 11.8 Å². The van der Waals surface area contributed by atoms with Gasteiger partial charge in [-0.1, -0.05) is 18.2 Å². The lowest BCUT2D eigenvalue weighted by Gasteiger charge is -2.23. The van der Waals surface area contributed by atoms with E-state index in [1.165, 1.54) is 0 Å². The molecule has 1 N–H and O–H groups in total. The van der Waals surface area contributed by atoms with Crippen LogP contribution in [0.25, 0.3) is 10.9 Å². The number of hydrogen-bond donors (Lipinski definition) is 1. The van der Waals surface area contributed by atoms with Crippen molar-refractivity contribution in [3.63, 3.8) is 0 Å². The Morgan fingerprint density at radius 2 is 2.04 bits per heavy atom. The molecule has 3 aromatic rings. The lowest BCUT2D eigenvalue weighted by molar-refractivity contribution is 0.0985. The van der Waals surface area contributed by atoms with E-state index in [1.54, 1.807) is 34.4 Å². The minimum Gasteiger partial charge on any atom is -0.506 e. The molecule has 0 spiro atoms. The third-order valence-corrected chi connectivity index (χ3v) is 6.43. The van der Waals surface area contributed by atoms with Crippen molar-refractivity contribution < 1.29 is 14.6 Å². The van der Waals surface area contributed by atoms with E-state index < -0.39 is 11.5 Å². The fourth-order valence-electron chi connectivity index (χ4n) is 4.08. The standard InChI is InChI=1S/C21H18N2O4S/c1-27-13-10-14-18-16(11-13)28-9-8-23(18)21(26)17(19(14)24)20(25)22-7-6-12-4-2-3-5-15(12)22/h2-5,10-11,24H,6-9H2,1H3. The van der Waals surface area contributed by atoms with Gasteiger partial charge in [-0.25, -0.2) is 0 Å². The van der Waals surface area contributed by atoms with Crippen molar-refractivity contribution in [3.05, 3.63) is 57.9 Å². The van der Waals surface area contributed by atoms with Crippen LogP contribution in [-0.4, -0.2) is 35.0 Å². The average Bonchev–Trinajstić information content (AvgIpc) is 3.15. The lowest BCUT2D eigenvalue weighted by Crippen LogP contribution is -2.37. The molecule has 28 heavy (non-hydrogen) atoms. The molecule has 7 heteroatoms. The molecule has 0 saturated heterocycles. The summed E-state index contributed by atoms with van der Waals surface area (Å²) in [6.07, 6.45) is 0.735.